The normalized spacial score (nSPS) is 21.9. The van der Waals surface area contributed by atoms with E-state index >= 15 is 0 Å². The summed E-state index contributed by atoms with van der Waals surface area (Å²) in [6, 6.07) is 6.74. The lowest BCUT2D eigenvalue weighted by Crippen LogP contribution is -2.31. The molecule has 3 N–H and O–H groups in total. The van der Waals surface area contributed by atoms with Crippen LogP contribution in [0.15, 0.2) is 30.6 Å². The van der Waals surface area contributed by atoms with E-state index in [-0.39, 0.29) is 21.8 Å². The van der Waals surface area contributed by atoms with Gasteiger partial charge < -0.3 is 15.1 Å². The largest absolute Gasteiger partial charge is 0.591 e. The molecule has 0 saturated carbocycles. The second-order valence-electron chi connectivity index (χ2n) is 8.90. The molecule has 2 fully saturated rings. The Morgan fingerprint density at radius 1 is 1.12 bits per heavy atom. The highest BCUT2D eigenvalue weighted by atomic mass is 32.1. The fourth-order valence-corrected chi connectivity index (χ4v) is 6.00. The van der Waals surface area contributed by atoms with Crippen molar-refractivity contribution < 1.29 is 23.4 Å². The third-order valence-corrected chi connectivity index (χ3v) is 7.50. The number of anilines is 1. The van der Waals surface area contributed by atoms with Gasteiger partial charge >= 0.3 is 6.18 Å². The number of nitrogens with zero attached hydrogens (tertiary/aromatic N) is 4. The molecule has 170 valence electrons. The van der Waals surface area contributed by atoms with Gasteiger partial charge in [0.1, 0.15) is 17.0 Å². The Hall–Kier alpha value is -2.59. The standard InChI is InChI=1S/C22H23F3N4O2S/c23-22(24,25)9-15-8-16-19(26-13-27-20(16)32-15)29-6-4-21(12-29)3-5-28(11-21)10-14-1-2-17(30)18(31)7-14/h1-2,7-8,13,30-31H,3-6,9-12H2/p+1. The molecule has 3 aromatic rings. The fraction of sp³-hybridized carbons (Fsp3) is 0.455. The quantitative estimate of drug-likeness (QED) is 0.589. The van der Waals surface area contributed by atoms with Crippen molar-refractivity contribution in [3.8, 4) is 11.5 Å². The van der Waals surface area contributed by atoms with E-state index < -0.39 is 12.6 Å². The third-order valence-electron chi connectivity index (χ3n) is 6.46. The molecule has 0 aliphatic carbocycles. The Morgan fingerprint density at radius 2 is 1.94 bits per heavy atom. The zero-order valence-corrected chi connectivity index (χ0v) is 18.1. The molecule has 1 aromatic carbocycles. The summed E-state index contributed by atoms with van der Waals surface area (Å²) >= 11 is 1.08. The molecule has 1 spiro atoms. The van der Waals surface area contributed by atoms with Crippen LogP contribution in [-0.2, 0) is 13.0 Å². The van der Waals surface area contributed by atoms with Gasteiger partial charge in [0.05, 0.1) is 11.8 Å². The Labute approximate surface area is 186 Å². The first-order chi connectivity index (χ1) is 15.2. The topological polar surface area (TPSA) is 75.4 Å². The maximum absolute atomic E-state index is 12.8. The molecule has 2 saturated heterocycles. The Kier molecular flexibility index (Phi) is 5.16. The van der Waals surface area contributed by atoms with Gasteiger partial charge in [-0.05, 0) is 43.1 Å². The number of alkyl halides is 3. The van der Waals surface area contributed by atoms with Crippen LogP contribution in [0.4, 0.5) is 19.0 Å². The molecule has 6 nitrogen and oxygen atoms in total. The van der Waals surface area contributed by atoms with E-state index in [2.05, 4.69) is 19.8 Å². The Morgan fingerprint density at radius 3 is 2.72 bits per heavy atom. The van der Waals surface area contributed by atoms with Crippen LogP contribution < -0.4 is 4.90 Å². The average Bonchev–Trinajstić information content (AvgIpc) is 3.42. The molecule has 2 aromatic heterocycles. The maximum atomic E-state index is 12.8. The van der Waals surface area contributed by atoms with Gasteiger partial charge in [0, 0.05) is 42.5 Å². The number of halogens is 3. The predicted molar refractivity (Wildman–Crippen MR) is 117 cm³/mol. The van der Waals surface area contributed by atoms with Crippen LogP contribution in [0.1, 0.15) is 23.3 Å². The SMILES string of the molecule is Oc1cc(CN2CCC3(CCN(c4ncnc5sc(CC(F)(F)F)cc45)C3)C2)ccc1[OH2+]. The van der Waals surface area contributed by atoms with E-state index in [1.54, 1.807) is 18.2 Å². The molecule has 4 heterocycles. The highest BCUT2D eigenvalue weighted by Gasteiger charge is 2.44. The molecule has 0 bridgehead atoms. The average molecular weight is 466 g/mol. The number of phenols is 1. The summed E-state index contributed by atoms with van der Waals surface area (Å²) in [6.07, 6.45) is -1.69. The summed E-state index contributed by atoms with van der Waals surface area (Å²) in [5.74, 6) is 0.851. The van der Waals surface area contributed by atoms with Crippen LogP contribution in [0.2, 0.25) is 0 Å². The number of aromatic nitrogens is 2. The third kappa shape index (κ3) is 4.21. The monoisotopic (exact) mass is 465 g/mol. The molecular formula is C22H24F3N4O2S+. The number of phenolic OH excluding ortho intramolecular Hbond substituents is 1. The smallest absolute Gasteiger partial charge is 0.393 e. The molecule has 10 heteroatoms. The summed E-state index contributed by atoms with van der Waals surface area (Å²) in [5, 5.41) is 18.1. The van der Waals surface area contributed by atoms with Crippen molar-refractivity contribution in [2.24, 2.45) is 5.41 Å². The molecule has 2 aliphatic heterocycles. The number of fused-ring (bicyclic) bond motifs is 1. The minimum Gasteiger partial charge on any atom is -0.591 e. The predicted octanol–water partition coefficient (Wildman–Crippen LogP) is 4.04. The van der Waals surface area contributed by atoms with Crippen molar-refractivity contribution in [3.63, 3.8) is 0 Å². The molecule has 1 unspecified atom stereocenters. The van der Waals surface area contributed by atoms with Crippen molar-refractivity contribution in [1.29, 1.82) is 0 Å². The number of benzene rings is 1. The second-order valence-corrected chi connectivity index (χ2v) is 10.0. The number of aromatic hydroxyl groups is 1. The summed E-state index contributed by atoms with van der Waals surface area (Å²) in [4.78, 5) is 14.1. The van der Waals surface area contributed by atoms with E-state index in [9.17, 15) is 18.3 Å². The summed E-state index contributed by atoms with van der Waals surface area (Å²) < 4.78 is 38.5. The highest BCUT2D eigenvalue weighted by Crippen LogP contribution is 2.43. The van der Waals surface area contributed by atoms with Crippen molar-refractivity contribution in [1.82, 2.24) is 14.9 Å². The first kappa shape index (κ1) is 21.3. The van der Waals surface area contributed by atoms with Gasteiger partial charge in [-0.15, -0.1) is 11.3 Å². The lowest BCUT2D eigenvalue weighted by Gasteiger charge is -2.25. The van der Waals surface area contributed by atoms with Gasteiger partial charge in [0.2, 0.25) is 5.75 Å². The zero-order valence-electron chi connectivity index (χ0n) is 17.3. The van der Waals surface area contributed by atoms with Crippen LogP contribution in [0.3, 0.4) is 0 Å². The van der Waals surface area contributed by atoms with Gasteiger partial charge in [-0.25, -0.2) is 9.97 Å². The van der Waals surface area contributed by atoms with Crippen molar-refractivity contribution in [3.05, 3.63) is 41.0 Å². The molecule has 1 atom stereocenters. The minimum absolute atomic E-state index is 0.00288. The number of likely N-dealkylation sites (tertiary alicyclic amines) is 1. The van der Waals surface area contributed by atoms with E-state index in [4.69, 9.17) is 5.11 Å². The van der Waals surface area contributed by atoms with Gasteiger partial charge in [0.25, 0.3) is 5.75 Å². The molecule has 5 rings (SSSR count). The van der Waals surface area contributed by atoms with E-state index in [1.807, 2.05) is 6.07 Å². The number of hydrogen-bond acceptors (Lipinski definition) is 6. The number of hydrogen-bond donors (Lipinski definition) is 1. The van der Waals surface area contributed by atoms with Gasteiger partial charge in [-0.2, -0.15) is 13.2 Å². The summed E-state index contributed by atoms with van der Waals surface area (Å²) in [5.41, 5.74) is 1.11. The van der Waals surface area contributed by atoms with E-state index in [1.165, 1.54) is 6.33 Å². The van der Waals surface area contributed by atoms with Crippen LogP contribution >= 0.6 is 11.3 Å². The van der Waals surface area contributed by atoms with Crippen molar-refractivity contribution in [2.75, 3.05) is 31.1 Å². The van der Waals surface area contributed by atoms with Gasteiger partial charge in [-0.1, -0.05) is 0 Å². The first-order valence-corrected chi connectivity index (χ1v) is 11.3. The van der Waals surface area contributed by atoms with Crippen molar-refractivity contribution in [2.45, 2.75) is 32.0 Å². The fourth-order valence-electron chi connectivity index (χ4n) is 4.98. The van der Waals surface area contributed by atoms with E-state index in [0.29, 0.717) is 10.2 Å². The van der Waals surface area contributed by atoms with E-state index in [0.717, 1.165) is 68.3 Å². The van der Waals surface area contributed by atoms with Crippen LogP contribution in [0.25, 0.3) is 10.2 Å². The van der Waals surface area contributed by atoms with Crippen LogP contribution in [0.5, 0.6) is 11.5 Å². The number of rotatable bonds is 4. The maximum Gasteiger partial charge on any atom is 0.393 e. The summed E-state index contributed by atoms with van der Waals surface area (Å²) in [6.45, 7) is 4.23. The lowest BCUT2D eigenvalue weighted by atomic mass is 9.86. The van der Waals surface area contributed by atoms with Crippen LogP contribution in [0, 0.1) is 5.41 Å². The number of thiophene rings is 1. The zero-order chi connectivity index (χ0) is 22.5. The second kappa shape index (κ2) is 7.77. The molecule has 0 amide bonds. The van der Waals surface area contributed by atoms with Gasteiger partial charge in [-0.3, -0.25) is 4.90 Å². The lowest BCUT2D eigenvalue weighted by molar-refractivity contribution is -0.126. The van der Waals surface area contributed by atoms with Crippen molar-refractivity contribution >= 4 is 27.4 Å². The molecule has 32 heavy (non-hydrogen) atoms. The Balaban J connectivity index is 1.30. The minimum atomic E-state index is -4.24. The summed E-state index contributed by atoms with van der Waals surface area (Å²) in [7, 11) is 0. The molecular weight excluding hydrogens is 441 g/mol. The molecule has 2 aliphatic rings. The highest BCUT2D eigenvalue weighted by molar-refractivity contribution is 7.18. The first-order valence-electron chi connectivity index (χ1n) is 10.5. The van der Waals surface area contributed by atoms with Crippen LogP contribution in [-0.4, -0.2) is 57.4 Å². The molecule has 0 radical (unpaired) electrons. The Bertz CT molecular complexity index is 1150. The van der Waals surface area contributed by atoms with Gasteiger partial charge in [0.15, 0.2) is 0 Å².